The van der Waals surface area contributed by atoms with Crippen LogP contribution >= 0.6 is 0 Å². The van der Waals surface area contributed by atoms with Gasteiger partial charge in [0.15, 0.2) is 0 Å². The number of carboxylic acid groups (broad SMARTS) is 1. The predicted octanol–water partition coefficient (Wildman–Crippen LogP) is 1.95. The molecule has 18 heavy (non-hydrogen) atoms. The Labute approximate surface area is 108 Å². The van der Waals surface area contributed by atoms with Gasteiger partial charge in [-0.25, -0.2) is 0 Å². The lowest BCUT2D eigenvalue weighted by atomic mass is 10.0. The van der Waals surface area contributed by atoms with Gasteiger partial charge in [-0.2, -0.15) is 0 Å². The Morgan fingerprint density at radius 3 is 2.56 bits per heavy atom. The first kappa shape index (κ1) is 14.7. The Kier molecular flexibility index (Phi) is 6.39. The van der Waals surface area contributed by atoms with Crippen LogP contribution in [0, 0.1) is 0 Å². The molecule has 1 aromatic carbocycles. The highest BCUT2D eigenvalue weighted by atomic mass is 16.4. The van der Waals surface area contributed by atoms with Gasteiger partial charge in [-0.15, -0.1) is 0 Å². The third-order valence-corrected chi connectivity index (χ3v) is 2.94. The molecule has 1 aromatic rings. The number of aliphatic carboxylic acids is 1. The summed E-state index contributed by atoms with van der Waals surface area (Å²) in [4.78, 5) is 10.4. The summed E-state index contributed by atoms with van der Waals surface area (Å²) in [5, 5.41) is 22.0. The molecule has 2 atom stereocenters. The SMILES string of the molecule is CCC(NCCCC(=O)O)C(O)c1ccccc1. The lowest BCUT2D eigenvalue weighted by Crippen LogP contribution is -2.35. The summed E-state index contributed by atoms with van der Waals surface area (Å²) in [5.41, 5.74) is 0.884. The number of aliphatic hydroxyl groups is 1. The average molecular weight is 251 g/mol. The first-order chi connectivity index (χ1) is 8.65. The normalized spacial score (nSPS) is 14.1. The minimum absolute atomic E-state index is 0.0406. The second kappa shape index (κ2) is 7.84. The molecular weight excluding hydrogens is 230 g/mol. The van der Waals surface area contributed by atoms with Crippen molar-refractivity contribution in [3.8, 4) is 0 Å². The monoisotopic (exact) mass is 251 g/mol. The standard InChI is InChI=1S/C14H21NO3/c1-2-12(15-10-6-9-13(16)17)14(18)11-7-4-3-5-8-11/h3-5,7-8,12,14-15,18H,2,6,9-10H2,1H3,(H,16,17). The fourth-order valence-electron chi connectivity index (χ4n) is 1.89. The zero-order chi connectivity index (χ0) is 13.4. The first-order valence-electron chi connectivity index (χ1n) is 6.33. The highest BCUT2D eigenvalue weighted by Crippen LogP contribution is 2.18. The highest BCUT2D eigenvalue weighted by Gasteiger charge is 2.18. The van der Waals surface area contributed by atoms with Gasteiger partial charge in [-0.1, -0.05) is 37.3 Å². The summed E-state index contributed by atoms with van der Waals surface area (Å²) < 4.78 is 0. The number of aliphatic hydroxyl groups excluding tert-OH is 1. The van der Waals surface area contributed by atoms with E-state index in [1.54, 1.807) is 0 Å². The quantitative estimate of drug-likeness (QED) is 0.618. The molecule has 0 aromatic heterocycles. The third kappa shape index (κ3) is 4.85. The molecular formula is C14H21NO3. The van der Waals surface area contributed by atoms with Crippen LogP contribution in [0.3, 0.4) is 0 Å². The molecule has 0 fully saturated rings. The zero-order valence-electron chi connectivity index (χ0n) is 10.7. The van der Waals surface area contributed by atoms with Gasteiger partial charge in [0.05, 0.1) is 6.10 Å². The molecule has 4 heteroatoms. The molecule has 4 nitrogen and oxygen atoms in total. The van der Waals surface area contributed by atoms with Crippen molar-refractivity contribution >= 4 is 5.97 Å². The molecule has 1 rings (SSSR count). The van der Waals surface area contributed by atoms with Crippen LogP contribution in [0.15, 0.2) is 30.3 Å². The Morgan fingerprint density at radius 1 is 1.33 bits per heavy atom. The van der Waals surface area contributed by atoms with Gasteiger partial charge >= 0.3 is 5.97 Å². The van der Waals surface area contributed by atoms with Gasteiger partial charge in [-0.05, 0) is 24.9 Å². The summed E-state index contributed by atoms with van der Waals surface area (Å²) in [6, 6.07) is 9.46. The van der Waals surface area contributed by atoms with Crippen molar-refractivity contribution in [2.24, 2.45) is 0 Å². The number of hydrogen-bond donors (Lipinski definition) is 3. The second-order valence-corrected chi connectivity index (χ2v) is 4.32. The smallest absolute Gasteiger partial charge is 0.303 e. The number of carbonyl (C=O) groups is 1. The molecule has 0 bridgehead atoms. The van der Waals surface area contributed by atoms with Crippen molar-refractivity contribution in [1.82, 2.24) is 5.32 Å². The van der Waals surface area contributed by atoms with Gasteiger partial charge < -0.3 is 15.5 Å². The van der Waals surface area contributed by atoms with Crippen molar-refractivity contribution in [1.29, 1.82) is 0 Å². The topological polar surface area (TPSA) is 69.6 Å². The molecule has 0 saturated carbocycles. The fourth-order valence-corrected chi connectivity index (χ4v) is 1.89. The van der Waals surface area contributed by atoms with Crippen LogP contribution in [0.5, 0.6) is 0 Å². The van der Waals surface area contributed by atoms with Crippen molar-refractivity contribution < 1.29 is 15.0 Å². The van der Waals surface area contributed by atoms with Gasteiger partial charge in [0.2, 0.25) is 0 Å². The average Bonchev–Trinajstić information content (AvgIpc) is 2.39. The summed E-state index contributed by atoms with van der Waals surface area (Å²) in [5.74, 6) is -0.784. The largest absolute Gasteiger partial charge is 0.481 e. The second-order valence-electron chi connectivity index (χ2n) is 4.32. The Bertz CT molecular complexity index is 353. The fraction of sp³-hybridized carbons (Fsp3) is 0.500. The summed E-state index contributed by atoms with van der Waals surface area (Å²) in [6.07, 6.45) is 0.975. The van der Waals surface area contributed by atoms with E-state index in [0.717, 1.165) is 12.0 Å². The minimum atomic E-state index is -0.784. The number of benzene rings is 1. The molecule has 0 saturated heterocycles. The maximum Gasteiger partial charge on any atom is 0.303 e. The summed E-state index contributed by atoms with van der Waals surface area (Å²) in [7, 11) is 0. The maximum atomic E-state index is 10.4. The van der Waals surface area contributed by atoms with Crippen molar-refractivity contribution in [2.45, 2.75) is 38.3 Å². The molecule has 0 aliphatic heterocycles. The van der Waals surface area contributed by atoms with E-state index in [1.807, 2.05) is 37.3 Å². The van der Waals surface area contributed by atoms with Crippen LogP contribution in [-0.4, -0.2) is 28.8 Å². The van der Waals surface area contributed by atoms with Gasteiger partial charge in [0.25, 0.3) is 0 Å². The number of nitrogens with one attached hydrogen (secondary N) is 1. The van der Waals surface area contributed by atoms with Crippen molar-refractivity contribution in [3.05, 3.63) is 35.9 Å². The van der Waals surface area contributed by atoms with Crippen LogP contribution in [0.25, 0.3) is 0 Å². The first-order valence-corrected chi connectivity index (χ1v) is 6.33. The minimum Gasteiger partial charge on any atom is -0.481 e. The molecule has 0 aliphatic carbocycles. The number of carboxylic acids is 1. The predicted molar refractivity (Wildman–Crippen MR) is 70.4 cm³/mol. The molecule has 0 heterocycles. The zero-order valence-corrected chi connectivity index (χ0v) is 10.7. The Morgan fingerprint density at radius 2 is 2.00 bits per heavy atom. The van der Waals surface area contributed by atoms with Gasteiger partial charge in [-0.3, -0.25) is 4.79 Å². The lowest BCUT2D eigenvalue weighted by Gasteiger charge is -2.23. The van der Waals surface area contributed by atoms with Gasteiger partial charge in [0.1, 0.15) is 0 Å². The Balaban J connectivity index is 2.43. The molecule has 2 unspecified atom stereocenters. The van der Waals surface area contributed by atoms with Crippen molar-refractivity contribution in [3.63, 3.8) is 0 Å². The van der Waals surface area contributed by atoms with Crippen molar-refractivity contribution in [2.75, 3.05) is 6.54 Å². The molecule has 3 N–H and O–H groups in total. The summed E-state index contributed by atoms with van der Waals surface area (Å²) >= 11 is 0. The highest BCUT2D eigenvalue weighted by molar-refractivity contribution is 5.66. The third-order valence-electron chi connectivity index (χ3n) is 2.94. The molecule has 0 aliphatic rings. The van der Waals surface area contributed by atoms with E-state index in [0.29, 0.717) is 13.0 Å². The van der Waals surface area contributed by atoms with Crippen LogP contribution in [0.4, 0.5) is 0 Å². The molecule has 0 amide bonds. The van der Waals surface area contributed by atoms with E-state index in [1.165, 1.54) is 0 Å². The van der Waals surface area contributed by atoms with Gasteiger partial charge in [0, 0.05) is 12.5 Å². The van der Waals surface area contributed by atoms with E-state index in [-0.39, 0.29) is 12.5 Å². The van der Waals surface area contributed by atoms with E-state index >= 15 is 0 Å². The lowest BCUT2D eigenvalue weighted by molar-refractivity contribution is -0.137. The van der Waals surface area contributed by atoms with E-state index < -0.39 is 12.1 Å². The molecule has 0 spiro atoms. The Hall–Kier alpha value is -1.39. The van der Waals surface area contributed by atoms with E-state index in [2.05, 4.69) is 5.32 Å². The molecule has 100 valence electrons. The van der Waals surface area contributed by atoms with Crippen LogP contribution < -0.4 is 5.32 Å². The summed E-state index contributed by atoms with van der Waals surface area (Å²) in [6.45, 7) is 2.61. The molecule has 0 radical (unpaired) electrons. The maximum absolute atomic E-state index is 10.4. The van der Waals surface area contributed by atoms with E-state index in [4.69, 9.17) is 5.11 Å². The van der Waals surface area contributed by atoms with Crippen LogP contribution in [0.1, 0.15) is 37.9 Å². The van der Waals surface area contributed by atoms with Crippen LogP contribution in [-0.2, 0) is 4.79 Å². The van der Waals surface area contributed by atoms with E-state index in [9.17, 15) is 9.90 Å². The number of rotatable bonds is 8. The van der Waals surface area contributed by atoms with Crippen LogP contribution in [0.2, 0.25) is 0 Å². The number of hydrogen-bond acceptors (Lipinski definition) is 3.